The van der Waals surface area contributed by atoms with E-state index in [0.717, 1.165) is 0 Å². The van der Waals surface area contributed by atoms with Gasteiger partial charge in [-0.15, -0.1) is 0 Å². The molecule has 0 N–H and O–H groups in total. The summed E-state index contributed by atoms with van der Waals surface area (Å²) in [4.78, 5) is 15.3. The largest absolute Gasteiger partial charge is 0.534 e. The predicted molar refractivity (Wildman–Crippen MR) is 81.7 cm³/mol. The topological polar surface area (TPSA) is 76.2 Å². The Morgan fingerprint density at radius 1 is 1.24 bits per heavy atom. The SMILES string of the molecule is CC(C)(C)OC(=O)N1CCN2C=C(OS(=O)(=O)C(F)(F)F)CCC2C1. The van der Waals surface area contributed by atoms with Gasteiger partial charge < -0.3 is 18.7 Å². The maximum Gasteiger partial charge on any atom is 0.534 e. The second-order valence-electron chi connectivity index (χ2n) is 6.94. The molecule has 0 bridgehead atoms. The first-order valence-electron chi connectivity index (χ1n) is 7.73. The smallest absolute Gasteiger partial charge is 0.444 e. The van der Waals surface area contributed by atoms with Crippen LogP contribution in [0.4, 0.5) is 18.0 Å². The van der Waals surface area contributed by atoms with Gasteiger partial charge >= 0.3 is 21.7 Å². The van der Waals surface area contributed by atoms with Gasteiger partial charge in [-0.05, 0) is 27.2 Å². The van der Waals surface area contributed by atoms with Crippen LogP contribution in [0.2, 0.25) is 0 Å². The number of allylic oxidation sites excluding steroid dienone is 1. The molecule has 11 heteroatoms. The number of rotatable bonds is 2. The number of fused-ring (bicyclic) bond motifs is 1. The van der Waals surface area contributed by atoms with E-state index in [0.29, 0.717) is 26.1 Å². The third-order valence-electron chi connectivity index (χ3n) is 3.71. The minimum Gasteiger partial charge on any atom is -0.444 e. The zero-order valence-electron chi connectivity index (χ0n) is 14.2. The molecule has 0 aliphatic carbocycles. The van der Waals surface area contributed by atoms with Crippen LogP contribution in [-0.4, -0.2) is 61.1 Å². The minimum absolute atomic E-state index is 0.0403. The molecule has 2 rings (SSSR count). The van der Waals surface area contributed by atoms with E-state index in [1.54, 1.807) is 30.6 Å². The molecule has 0 radical (unpaired) electrons. The third-order valence-corrected chi connectivity index (χ3v) is 4.71. The van der Waals surface area contributed by atoms with Crippen LogP contribution in [0.1, 0.15) is 33.6 Å². The normalized spacial score (nSPS) is 22.2. The number of halogens is 3. The minimum atomic E-state index is -5.66. The van der Waals surface area contributed by atoms with Crippen molar-refractivity contribution in [2.45, 2.75) is 50.8 Å². The zero-order chi connectivity index (χ0) is 19.0. The average molecular weight is 386 g/mol. The number of hydrogen-bond acceptors (Lipinski definition) is 6. The Labute approximate surface area is 144 Å². The molecule has 25 heavy (non-hydrogen) atoms. The Kier molecular flexibility index (Phi) is 5.18. The Morgan fingerprint density at radius 2 is 1.88 bits per heavy atom. The van der Waals surface area contributed by atoms with Crippen LogP contribution < -0.4 is 0 Å². The van der Waals surface area contributed by atoms with E-state index in [9.17, 15) is 26.4 Å². The lowest BCUT2D eigenvalue weighted by molar-refractivity contribution is -0.0528. The van der Waals surface area contributed by atoms with Crippen molar-refractivity contribution in [3.8, 4) is 0 Å². The molecule has 1 saturated heterocycles. The second-order valence-corrected chi connectivity index (χ2v) is 8.47. The molecule has 0 spiro atoms. The Morgan fingerprint density at radius 3 is 2.44 bits per heavy atom. The van der Waals surface area contributed by atoms with Crippen LogP contribution in [0.5, 0.6) is 0 Å². The summed E-state index contributed by atoms with van der Waals surface area (Å²) in [6.07, 6.45) is 1.25. The number of alkyl halides is 3. The summed E-state index contributed by atoms with van der Waals surface area (Å²) in [6, 6.07) is -0.123. The highest BCUT2D eigenvalue weighted by atomic mass is 32.2. The van der Waals surface area contributed by atoms with E-state index in [4.69, 9.17) is 4.74 Å². The lowest BCUT2D eigenvalue weighted by Crippen LogP contribution is -2.54. The van der Waals surface area contributed by atoms with Crippen LogP contribution in [0, 0.1) is 0 Å². The molecule has 1 atom stereocenters. The molecule has 0 aromatic heterocycles. The summed E-state index contributed by atoms with van der Waals surface area (Å²) in [7, 11) is -5.66. The van der Waals surface area contributed by atoms with Gasteiger partial charge in [-0.2, -0.15) is 21.6 Å². The Hall–Kier alpha value is -1.65. The lowest BCUT2D eigenvalue weighted by Gasteiger charge is -2.43. The summed E-state index contributed by atoms with van der Waals surface area (Å²) in [5, 5.41) is 0. The zero-order valence-corrected chi connectivity index (χ0v) is 15.0. The highest BCUT2D eigenvalue weighted by Crippen LogP contribution is 2.31. The van der Waals surface area contributed by atoms with Gasteiger partial charge in [0.15, 0.2) is 0 Å². The van der Waals surface area contributed by atoms with E-state index in [1.165, 1.54) is 6.20 Å². The van der Waals surface area contributed by atoms with Gasteiger partial charge in [0.25, 0.3) is 0 Å². The quantitative estimate of drug-likeness (QED) is 0.536. The van der Waals surface area contributed by atoms with Crippen molar-refractivity contribution in [3.63, 3.8) is 0 Å². The van der Waals surface area contributed by atoms with E-state index < -0.39 is 27.3 Å². The molecule has 1 fully saturated rings. The molecule has 2 aliphatic heterocycles. The molecule has 1 amide bonds. The van der Waals surface area contributed by atoms with Gasteiger partial charge in [-0.1, -0.05) is 0 Å². The van der Waals surface area contributed by atoms with E-state index in [-0.39, 0.29) is 18.2 Å². The number of amides is 1. The number of piperazine rings is 1. The van der Waals surface area contributed by atoms with E-state index >= 15 is 0 Å². The molecule has 1 unspecified atom stereocenters. The molecule has 2 heterocycles. The maximum absolute atomic E-state index is 12.4. The first-order chi connectivity index (χ1) is 11.3. The summed E-state index contributed by atoms with van der Waals surface area (Å²) in [6.45, 7) is 6.30. The first kappa shape index (κ1) is 19.7. The number of nitrogens with zero attached hydrogens (tertiary/aromatic N) is 2. The summed E-state index contributed by atoms with van der Waals surface area (Å²) >= 11 is 0. The fourth-order valence-electron chi connectivity index (χ4n) is 2.60. The van der Waals surface area contributed by atoms with Crippen molar-refractivity contribution in [3.05, 3.63) is 12.0 Å². The fraction of sp³-hybridized carbons (Fsp3) is 0.786. The van der Waals surface area contributed by atoms with Crippen LogP contribution in [-0.2, 0) is 19.0 Å². The third kappa shape index (κ3) is 4.93. The van der Waals surface area contributed by atoms with Gasteiger partial charge in [0, 0.05) is 38.3 Å². The molecule has 144 valence electrons. The molecule has 0 saturated carbocycles. The maximum atomic E-state index is 12.4. The van der Waals surface area contributed by atoms with Crippen LogP contribution in [0.3, 0.4) is 0 Å². The molecule has 7 nitrogen and oxygen atoms in total. The van der Waals surface area contributed by atoms with E-state index in [2.05, 4.69) is 4.18 Å². The van der Waals surface area contributed by atoms with Crippen molar-refractivity contribution < 1.29 is 35.3 Å². The molecule has 0 aromatic carbocycles. The average Bonchev–Trinajstić information content (AvgIpc) is 2.43. The highest BCUT2D eigenvalue weighted by Gasteiger charge is 2.49. The van der Waals surface area contributed by atoms with Gasteiger partial charge in [0.2, 0.25) is 0 Å². The lowest BCUT2D eigenvalue weighted by atomic mass is 10.0. The van der Waals surface area contributed by atoms with Gasteiger partial charge in [0.1, 0.15) is 11.4 Å². The summed E-state index contributed by atoms with van der Waals surface area (Å²) in [5.41, 5.74) is -6.08. The predicted octanol–water partition coefficient (Wildman–Crippen LogP) is 2.41. The monoisotopic (exact) mass is 386 g/mol. The second kappa shape index (κ2) is 6.58. The number of ether oxygens (including phenoxy) is 1. The summed E-state index contributed by atoms with van der Waals surface area (Å²) < 4.78 is 68.8. The van der Waals surface area contributed by atoms with Crippen molar-refractivity contribution in [1.82, 2.24) is 9.80 Å². The highest BCUT2D eigenvalue weighted by molar-refractivity contribution is 7.87. The first-order valence-corrected chi connectivity index (χ1v) is 9.14. The van der Waals surface area contributed by atoms with Crippen molar-refractivity contribution in [1.29, 1.82) is 0 Å². The van der Waals surface area contributed by atoms with Crippen molar-refractivity contribution in [2.75, 3.05) is 19.6 Å². The Balaban J connectivity index is 2.00. The van der Waals surface area contributed by atoms with Crippen LogP contribution >= 0.6 is 0 Å². The number of carbonyl (C=O) groups excluding carboxylic acids is 1. The van der Waals surface area contributed by atoms with Gasteiger partial charge in [-0.3, -0.25) is 0 Å². The molecular weight excluding hydrogens is 365 g/mol. The van der Waals surface area contributed by atoms with Gasteiger partial charge in [-0.25, -0.2) is 4.79 Å². The number of hydrogen-bond donors (Lipinski definition) is 0. The molecular formula is C14H21F3N2O5S. The van der Waals surface area contributed by atoms with Crippen LogP contribution in [0.25, 0.3) is 0 Å². The fourth-order valence-corrected chi connectivity index (χ4v) is 3.10. The molecule has 2 aliphatic rings. The van der Waals surface area contributed by atoms with E-state index in [1.807, 2.05) is 0 Å². The molecule has 0 aromatic rings. The van der Waals surface area contributed by atoms with Gasteiger partial charge in [0.05, 0.1) is 0 Å². The van der Waals surface area contributed by atoms with Crippen LogP contribution in [0.15, 0.2) is 12.0 Å². The standard InChI is InChI=1S/C14H21F3N2O5S/c1-13(2,3)23-12(20)19-7-6-18-9-11(5-4-10(18)8-19)24-25(21,22)14(15,16)17/h9-10H,4-8H2,1-3H3. The Bertz CT molecular complexity index is 654. The summed E-state index contributed by atoms with van der Waals surface area (Å²) in [5.74, 6) is -0.251. The number of carbonyl (C=O) groups is 1. The van der Waals surface area contributed by atoms with Crippen molar-refractivity contribution >= 4 is 16.2 Å². The van der Waals surface area contributed by atoms with Crippen molar-refractivity contribution in [2.24, 2.45) is 0 Å².